The lowest BCUT2D eigenvalue weighted by atomic mass is 10.1. The number of nitrogens with one attached hydrogen (secondary N) is 6. The highest BCUT2D eigenvalue weighted by atomic mass is 19.4. The summed E-state index contributed by atoms with van der Waals surface area (Å²) in [5.74, 6) is -2.23. The van der Waals surface area contributed by atoms with Crippen LogP contribution in [0.3, 0.4) is 0 Å². The lowest BCUT2D eigenvalue weighted by Gasteiger charge is -2.26. The number of halogens is 3. The molecule has 0 saturated carbocycles. The van der Waals surface area contributed by atoms with E-state index in [0.29, 0.717) is 12.6 Å². The summed E-state index contributed by atoms with van der Waals surface area (Å²) in [5, 5.41) is 15.3. The Kier molecular flexibility index (Phi) is 11.3. The fourth-order valence-corrected chi connectivity index (χ4v) is 3.76. The molecule has 6 N–H and O–H groups in total. The number of benzene rings is 2. The van der Waals surface area contributed by atoms with Gasteiger partial charge in [-0.05, 0) is 63.9 Å². The average Bonchev–Trinajstić information content (AvgIpc) is 2.86. The molecule has 0 bridgehead atoms. The molecule has 0 aliphatic heterocycles. The van der Waals surface area contributed by atoms with Gasteiger partial charge >= 0.3 is 12.2 Å². The highest BCUT2D eigenvalue weighted by Crippen LogP contribution is 2.32. The van der Waals surface area contributed by atoms with Crippen LogP contribution in [0.15, 0.2) is 36.4 Å². The van der Waals surface area contributed by atoms with Crippen LogP contribution in [0, 0.1) is 13.8 Å². The molecule has 0 fully saturated rings. The van der Waals surface area contributed by atoms with E-state index in [4.69, 9.17) is 0 Å². The molecule has 10 nitrogen and oxygen atoms in total. The molecule has 0 unspecified atom stereocenters. The number of hydrogen-bond acceptors (Lipinski definition) is 5. The van der Waals surface area contributed by atoms with Gasteiger partial charge in [-0.25, -0.2) is 4.79 Å². The summed E-state index contributed by atoms with van der Waals surface area (Å²) in [6.45, 7) is 9.18. The Hall–Kier alpha value is -4.13. The predicted octanol–water partition coefficient (Wildman–Crippen LogP) is 2.99. The summed E-state index contributed by atoms with van der Waals surface area (Å²) >= 11 is 0. The summed E-state index contributed by atoms with van der Waals surface area (Å²) in [6.07, 6.45) is -4.74. The zero-order valence-electron chi connectivity index (χ0n) is 23.9. The molecule has 2 rings (SSSR count). The Labute approximate surface area is 237 Å². The maximum Gasteiger partial charge on any atom is 0.416 e. The molecule has 2 aromatic carbocycles. The third-order valence-electron chi connectivity index (χ3n) is 5.79. The minimum absolute atomic E-state index is 0.0722. The van der Waals surface area contributed by atoms with Crippen molar-refractivity contribution in [2.75, 3.05) is 25.5 Å². The highest BCUT2D eigenvalue weighted by Gasteiger charge is 2.32. The van der Waals surface area contributed by atoms with E-state index in [-0.39, 0.29) is 12.2 Å². The van der Waals surface area contributed by atoms with Crippen molar-refractivity contribution in [3.8, 4) is 0 Å². The Balaban J connectivity index is 2.12. The van der Waals surface area contributed by atoms with Crippen LogP contribution in [0.5, 0.6) is 0 Å². The highest BCUT2D eigenvalue weighted by molar-refractivity contribution is 6.04. The largest absolute Gasteiger partial charge is 0.416 e. The Bertz CT molecular complexity index is 1270. The summed E-state index contributed by atoms with van der Waals surface area (Å²) in [6, 6.07) is 6.45. The van der Waals surface area contributed by atoms with Crippen molar-refractivity contribution in [1.29, 1.82) is 0 Å². The molecule has 1 atom stereocenters. The van der Waals surface area contributed by atoms with E-state index >= 15 is 0 Å². The number of anilines is 1. The van der Waals surface area contributed by atoms with E-state index in [2.05, 4.69) is 31.9 Å². The normalized spacial score (nSPS) is 12.2. The van der Waals surface area contributed by atoms with Gasteiger partial charge in [-0.15, -0.1) is 0 Å². The van der Waals surface area contributed by atoms with E-state index in [1.807, 2.05) is 32.0 Å². The summed E-state index contributed by atoms with van der Waals surface area (Å²) in [5.41, 5.74) is 0.834. The first-order valence-electron chi connectivity index (χ1n) is 12.9. The van der Waals surface area contributed by atoms with Gasteiger partial charge in [0.25, 0.3) is 5.91 Å². The molecule has 0 saturated heterocycles. The molecule has 0 radical (unpaired) electrons. The van der Waals surface area contributed by atoms with Crippen LogP contribution >= 0.6 is 0 Å². The molecule has 2 aromatic rings. The molecule has 0 aliphatic carbocycles. The Morgan fingerprint density at radius 3 is 2.22 bits per heavy atom. The standard InChI is InChI=1S/C28H37F3N6O4/c1-16-7-8-18(17(2)11-16)13-33-14-22(25(40)37-27(3,4)5)35-23(38)15-34-24(39)20-12-19(28(29,30)31)9-10-21(20)36-26(41)32-6/h7-12,22,33H,13-15H2,1-6H3,(H,34,39)(H,35,38)(H,37,40)(H2,32,36,41)/t22-/m0/s1. The predicted molar refractivity (Wildman–Crippen MR) is 149 cm³/mol. The second-order valence-corrected chi connectivity index (χ2v) is 10.6. The van der Waals surface area contributed by atoms with E-state index in [1.54, 1.807) is 20.8 Å². The quantitative estimate of drug-likeness (QED) is 0.257. The Morgan fingerprint density at radius 2 is 1.63 bits per heavy atom. The van der Waals surface area contributed by atoms with Crippen molar-refractivity contribution in [2.45, 2.75) is 58.9 Å². The van der Waals surface area contributed by atoms with Crippen LogP contribution in [0.4, 0.5) is 23.7 Å². The second kappa shape index (κ2) is 14.0. The number of carbonyl (C=O) groups excluding carboxylic acids is 4. The fraction of sp³-hybridized carbons (Fsp3) is 0.429. The average molecular weight is 579 g/mol. The molecule has 0 aliphatic rings. The minimum atomic E-state index is -4.74. The third kappa shape index (κ3) is 10.7. The summed E-state index contributed by atoms with van der Waals surface area (Å²) in [4.78, 5) is 50.1. The van der Waals surface area contributed by atoms with Gasteiger partial charge in [-0.2, -0.15) is 13.2 Å². The monoisotopic (exact) mass is 578 g/mol. The van der Waals surface area contributed by atoms with Crippen molar-refractivity contribution in [3.05, 3.63) is 64.2 Å². The number of amides is 5. The van der Waals surface area contributed by atoms with E-state index in [9.17, 15) is 32.3 Å². The van der Waals surface area contributed by atoms with Crippen LogP contribution in [0.1, 0.15) is 53.4 Å². The molecule has 13 heteroatoms. The summed E-state index contributed by atoms with van der Waals surface area (Å²) < 4.78 is 39.8. The van der Waals surface area contributed by atoms with E-state index in [0.717, 1.165) is 28.8 Å². The molecular formula is C28H37F3N6O4. The van der Waals surface area contributed by atoms with Crippen LogP contribution in [-0.2, 0) is 22.3 Å². The maximum atomic E-state index is 13.3. The summed E-state index contributed by atoms with van der Waals surface area (Å²) in [7, 11) is 1.30. The molecule has 5 amide bonds. The number of hydrogen-bond donors (Lipinski definition) is 6. The first-order valence-corrected chi connectivity index (χ1v) is 12.9. The van der Waals surface area contributed by atoms with Crippen molar-refractivity contribution in [1.82, 2.24) is 26.6 Å². The minimum Gasteiger partial charge on any atom is -0.350 e. The zero-order valence-corrected chi connectivity index (χ0v) is 23.9. The lowest BCUT2D eigenvalue weighted by Crippen LogP contribution is -2.56. The topological polar surface area (TPSA) is 140 Å². The molecule has 224 valence electrons. The SMILES string of the molecule is CNC(=O)Nc1ccc(C(F)(F)F)cc1C(=O)NCC(=O)N[C@@H](CNCc1ccc(C)cc1C)C(=O)NC(C)(C)C. The van der Waals surface area contributed by atoms with Crippen molar-refractivity contribution < 1.29 is 32.3 Å². The fourth-order valence-electron chi connectivity index (χ4n) is 3.76. The number of alkyl halides is 3. The number of carbonyl (C=O) groups is 4. The first kappa shape index (κ1) is 33.1. The van der Waals surface area contributed by atoms with Crippen LogP contribution < -0.4 is 31.9 Å². The molecule has 0 spiro atoms. The smallest absolute Gasteiger partial charge is 0.350 e. The molecule has 41 heavy (non-hydrogen) atoms. The maximum absolute atomic E-state index is 13.3. The van der Waals surface area contributed by atoms with Crippen LogP contribution in [0.2, 0.25) is 0 Å². The zero-order chi connectivity index (χ0) is 31.0. The number of aryl methyl sites for hydroxylation is 2. The van der Waals surface area contributed by atoms with Gasteiger partial charge in [0.2, 0.25) is 11.8 Å². The number of rotatable bonds is 10. The lowest BCUT2D eigenvalue weighted by molar-refractivity contribution is -0.137. The van der Waals surface area contributed by atoms with Gasteiger partial charge in [0.1, 0.15) is 6.04 Å². The van der Waals surface area contributed by atoms with Crippen molar-refractivity contribution in [2.24, 2.45) is 0 Å². The van der Waals surface area contributed by atoms with Crippen LogP contribution in [0.25, 0.3) is 0 Å². The Morgan fingerprint density at radius 1 is 0.951 bits per heavy atom. The van der Waals surface area contributed by atoms with Gasteiger partial charge in [0.05, 0.1) is 23.4 Å². The van der Waals surface area contributed by atoms with E-state index in [1.165, 1.54) is 7.05 Å². The van der Waals surface area contributed by atoms with E-state index < -0.39 is 59.2 Å². The van der Waals surface area contributed by atoms with Crippen molar-refractivity contribution >= 4 is 29.4 Å². The molecule has 0 aromatic heterocycles. The van der Waals surface area contributed by atoms with Gasteiger partial charge in [0, 0.05) is 25.7 Å². The van der Waals surface area contributed by atoms with Gasteiger partial charge in [-0.3, -0.25) is 14.4 Å². The molecular weight excluding hydrogens is 541 g/mol. The van der Waals surface area contributed by atoms with Crippen molar-refractivity contribution in [3.63, 3.8) is 0 Å². The molecule has 0 heterocycles. The van der Waals surface area contributed by atoms with Gasteiger partial charge in [0.15, 0.2) is 0 Å². The van der Waals surface area contributed by atoms with Gasteiger partial charge < -0.3 is 31.9 Å². The third-order valence-corrected chi connectivity index (χ3v) is 5.79. The second-order valence-electron chi connectivity index (χ2n) is 10.6. The number of urea groups is 1. The van der Waals surface area contributed by atoms with Crippen LogP contribution in [-0.4, -0.2) is 55.5 Å². The van der Waals surface area contributed by atoms with Gasteiger partial charge in [-0.1, -0.05) is 23.8 Å². The first-order chi connectivity index (χ1) is 19.0.